The molecule has 1 aliphatic heterocycles. The molecule has 1 saturated heterocycles. The Morgan fingerprint density at radius 2 is 2.18 bits per heavy atom. The molecular weight excluding hydrogens is 433 g/mol. The molecule has 34 heavy (non-hydrogen) atoms. The second-order valence-electron chi connectivity index (χ2n) is 9.14. The Morgan fingerprint density at radius 3 is 3.00 bits per heavy atom. The summed E-state index contributed by atoms with van der Waals surface area (Å²) >= 11 is 0. The minimum absolute atomic E-state index is 0.0153. The van der Waals surface area contributed by atoms with Gasteiger partial charge in [-0.3, -0.25) is 4.90 Å². The van der Waals surface area contributed by atoms with Crippen molar-refractivity contribution < 1.29 is 23.5 Å². The van der Waals surface area contributed by atoms with Crippen LogP contribution in [0, 0.1) is 5.92 Å². The number of rotatable bonds is 6. The van der Waals surface area contributed by atoms with Crippen molar-refractivity contribution in [2.75, 3.05) is 13.3 Å². The van der Waals surface area contributed by atoms with Gasteiger partial charge in [-0.2, -0.15) is 0 Å². The topological polar surface area (TPSA) is 55.8 Å². The van der Waals surface area contributed by atoms with Gasteiger partial charge < -0.3 is 9.47 Å². The molecule has 0 radical (unpaired) electrons. The van der Waals surface area contributed by atoms with Gasteiger partial charge >= 0.3 is 12.1 Å². The van der Waals surface area contributed by atoms with Crippen LogP contribution >= 0.6 is 0 Å². The quantitative estimate of drug-likeness (QED) is 0.387. The van der Waals surface area contributed by atoms with Crippen LogP contribution in [0.1, 0.15) is 49.1 Å². The second kappa shape index (κ2) is 9.45. The van der Waals surface area contributed by atoms with Gasteiger partial charge in [0.05, 0.1) is 0 Å². The van der Waals surface area contributed by atoms with E-state index in [0.29, 0.717) is 24.8 Å². The van der Waals surface area contributed by atoms with Crippen LogP contribution in [0.5, 0.6) is 0 Å². The summed E-state index contributed by atoms with van der Waals surface area (Å²) in [6, 6.07) is 7.44. The summed E-state index contributed by atoms with van der Waals surface area (Å²) in [4.78, 5) is 26.7. The van der Waals surface area contributed by atoms with E-state index in [4.69, 9.17) is 9.47 Å². The fourth-order valence-corrected chi connectivity index (χ4v) is 5.38. The van der Waals surface area contributed by atoms with E-state index < -0.39 is 18.1 Å². The molecule has 3 aliphatic carbocycles. The molecule has 6 heteroatoms. The molecule has 1 amide bonds. The summed E-state index contributed by atoms with van der Waals surface area (Å²) in [5, 5.41) is 0. The molecule has 0 bridgehead atoms. The van der Waals surface area contributed by atoms with E-state index >= 15 is 0 Å². The van der Waals surface area contributed by atoms with Gasteiger partial charge in [-0.1, -0.05) is 54.1 Å². The van der Waals surface area contributed by atoms with E-state index in [1.54, 1.807) is 6.08 Å². The Kier molecular flexibility index (Phi) is 6.22. The van der Waals surface area contributed by atoms with Gasteiger partial charge in [0.25, 0.3) is 0 Å². The molecule has 0 saturated carbocycles. The number of carbonyl (C=O) groups excluding carboxylic acids is 2. The lowest BCUT2D eigenvalue weighted by Crippen LogP contribution is -2.40. The van der Waals surface area contributed by atoms with Gasteiger partial charge in [-0.05, 0) is 66.4 Å². The first-order valence-electron chi connectivity index (χ1n) is 11.8. The third-order valence-corrected chi connectivity index (χ3v) is 7.11. The van der Waals surface area contributed by atoms with Crippen LogP contribution in [0.25, 0.3) is 5.57 Å². The summed E-state index contributed by atoms with van der Waals surface area (Å²) in [5.74, 6) is -0.938. The Hall–Kier alpha value is -3.41. The van der Waals surface area contributed by atoms with Crippen LogP contribution in [0.2, 0.25) is 0 Å². The molecule has 1 aromatic carbocycles. The minimum atomic E-state index is -0.779. The van der Waals surface area contributed by atoms with Crippen LogP contribution in [0.4, 0.5) is 9.18 Å². The summed E-state index contributed by atoms with van der Waals surface area (Å²) in [5.41, 5.74) is 5.51. The molecule has 5 rings (SSSR count). The zero-order valence-corrected chi connectivity index (χ0v) is 19.0. The van der Waals surface area contributed by atoms with E-state index in [2.05, 4.69) is 30.9 Å². The van der Waals surface area contributed by atoms with Crippen molar-refractivity contribution in [3.8, 4) is 0 Å². The molecule has 0 spiro atoms. The fraction of sp³-hybridized carbons (Fsp3) is 0.357. The lowest BCUT2D eigenvalue weighted by Gasteiger charge is -2.25. The van der Waals surface area contributed by atoms with Gasteiger partial charge in [0.15, 0.2) is 6.73 Å². The Balaban J connectivity index is 1.25. The first kappa shape index (κ1) is 22.4. The molecule has 1 aromatic rings. The number of nitrogens with zero attached hydrogens (tertiary/aromatic N) is 1. The van der Waals surface area contributed by atoms with Crippen molar-refractivity contribution in [1.82, 2.24) is 4.90 Å². The maximum atomic E-state index is 14.4. The molecule has 176 valence electrons. The van der Waals surface area contributed by atoms with E-state index in [0.717, 1.165) is 12.8 Å². The number of hydrogen-bond acceptors (Lipinski definition) is 4. The Labute approximate surface area is 198 Å². The molecule has 2 unspecified atom stereocenters. The van der Waals surface area contributed by atoms with Crippen molar-refractivity contribution in [3.05, 3.63) is 89.3 Å². The maximum absolute atomic E-state index is 14.4. The zero-order chi connectivity index (χ0) is 23.7. The minimum Gasteiger partial charge on any atom is -0.448 e. The number of hydrogen-bond donors (Lipinski definition) is 0. The largest absolute Gasteiger partial charge is 0.448 e. The molecule has 5 nitrogen and oxygen atoms in total. The first-order chi connectivity index (χ1) is 16.6. The van der Waals surface area contributed by atoms with Crippen molar-refractivity contribution in [3.63, 3.8) is 0 Å². The number of halogens is 1. The number of ether oxygens (including phenoxy) is 2. The molecular formula is C28H28FNO4. The number of fused-ring (bicyclic) bond motifs is 2. The number of carbonyl (C=O) groups is 2. The Morgan fingerprint density at radius 1 is 1.32 bits per heavy atom. The zero-order valence-electron chi connectivity index (χ0n) is 19.0. The highest BCUT2D eigenvalue weighted by Gasteiger charge is 2.41. The van der Waals surface area contributed by atoms with Crippen LogP contribution in [0.3, 0.4) is 0 Å². The maximum Gasteiger partial charge on any atom is 0.413 e. The van der Waals surface area contributed by atoms with Crippen molar-refractivity contribution in [1.29, 1.82) is 0 Å². The number of benzene rings is 1. The molecule has 0 aromatic heterocycles. The smallest absolute Gasteiger partial charge is 0.413 e. The monoisotopic (exact) mass is 461 g/mol. The summed E-state index contributed by atoms with van der Waals surface area (Å²) in [7, 11) is 0. The van der Waals surface area contributed by atoms with Crippen LogP contribution in [-0.2, 0) is 14.3 Å². The van der Waals surface area contributed by atoms with Gasteiger partial charge in [-0.15, -0.1) is 6.58 Å². The number of amides is 1. The SMILES string of the molecule is C=CCC1=CCC(C[C@H]2C(=O)OCN2C(=O)OCC2C3=C(C=CCC3)c3ccccc32)C=C1F. The van der Waals surface area contributed by atoms with E-state index in [9.17, 15) is 14.0 Å². The highest BCUT2D eigenvalue weighted by Crippen LogP contribution is 2.46. The van der Waals surface area contributed by atoms with Crippen molar-refractivity contribution >= 4 is 17.6 Å². The number of cyclic esters (lactones) is 1. The van der Waals surface area contributed by atoms with Crippen molar-refractivity contribution in [2.45, 2.75) is 44.1 Å². The molecule has 4 aliphatic rings. The average molecular weight is 462 g/mol. The molecule has 1 fully saturated rings. The second-order valence-corrected chi connectivity index (χ2v) is 9.14. The van der Waals surface area contributed by atoms with Crippen molar-refractivity contribution in [2.24, 2.45) is 5.92 Å². The number of esters is 1. The summed E-state index contributed by atoms with van der Waals surface area (Å²) in [6.07, 6.45) is 12.1. The summed E-state index contributed by atoms with van der Waals surface area (Å²) < 4.78 is 25.3. The predicted octanol–water partition coefficient (Wildman–Crippen LogP) is 5.97. The lowest BCUT2D eigenvalue weighted by atomic mass is 9.89. The fourth-order valence-electron chi connectivity index (χ4n) is 5.38. The molecule has 1 heterocycles. The highest BCUT2D eigenvalue weighted by molar-refractivity contribution is 5.86. The van der Waals surface area contributed by atoms with E-state index in [-0.39, 0.29) is 31.0 Å². The molecule has 0 N–H and O–H groups in total. The summed E-state index contributed by atoms with van der Waals surface area (Å²) in [6.45, 7) is 3.72. The normalized spacial score (nSPS) is 25.4. The van der Waals surface area contributed by atoms with Gasteiger partial charge in [0.1, 0.15) is 18.5 Å². The number of allylic oxidation sites excluding steroid dienone is 8. The third-order valence-electron chi connectivity index (χ3n) is 7.11. The highest BCUT2D eigenvalue weighted by atomic mass is 19.1. The van der Waals surface area contributed by atoms with E-state index in [1.807, 2.05) is 18.2 Å². The molecule has 3 atom stereocenters. The van der Waals surface area contributed by atoms with E-state index in [1.165, 1.54) is 33.2 Å². The van der Waals surface area contributed by atoms with Crippen LogP contribution in [0.15, 0.2) is 78.2 Å². The average Bonchev–Trinajstić information content (AvgIpc) is 3.37. The standard InChI is InChI=1S/C28H28FNO4/c1-2-7-19-13-12-18(14-25(19)29)15-26-27(31)34-17-30(26)28(32)33-16-24-22-10-5-3-8-20(22)21-9-4-6-11-23(21)24/h2-5,8-10,13-14,18,24,26H,1,6-7,11-12,15-17H2/t18?,24?,26-/m0/s1. The van der Waals surface area contributed by atoms with Gasteiger partial charge in [0.2, 0.25) is 0 Å². The van der Waals surface area contributed by atoms with Crippen LogP contribution in [-0.4, -0.2) is 36.3 Å². The predicted molar refractivity (Wildman–Crippen MR) is 127 cm³/mol. The van der Waals surface area contributed by atoms with Crippen LogP contribution < -0.4 is 0 Å². The lowest BCUT2D eigenvalue weighted by molar-refractivity contribution is -0.139. The van der Waals surface area contributed by atoms with Gasteiger partial charge in [-0.25, -0.2) is 14.0 Å². The third kappa shape index (κ3) is 4.13. The van der Waals surface area contributed by atoms with Gasteiger partial charge in [0, 0.05) is 5.92 Å². The first-order valence-corrected chi connectivity index (χ1v) is 11.8. The Bertz CT molecular complexity index is 1140.